The van der Waals surface area contributed by atoms with E-state index in [2.05, 4.69) is 4.74 Å². The lowest BCUT2D eigenvalue weighted by Gasteiger charge is -2.55. The second kappa shape index (κ2) is 6.83. The number of rotatable bonds is 5. The Kier molecular flexibility index (Phi) is 5.74. The van der Waals surface area contributed by atoms with Crippen LogP contribution in [0.5, 0.6) is 0 Å². The normalized spacial score (nSPS) is 36.8. The van der Waals surface area contributed by atoms with Gasteiger partial charge in [0.25, 0.3) is 5.79 Å². The molecular weight excluding hydrogens is 356 g/mol. The molecule has 1 unspecified atom stereocenters. The first-order valence-corrected chi connectivity index (χ1v) is 7.34. The molecule has 1 saturated heterocycles. The SMILES string of the molecule is COC(=O)[C@H]1OC(O)(C(C)=O)[C@@](O)(C(C)=O)[C@](O)(C(C)=O)[C@@H]1OC(C)=O. The lowest BCUT2D eigenvalue weighted by molar-refractivity contribution is -0.368. The summed E-state index contributed by atoms with van der Waals surface area (Å²) in [6.45, 7) is 2.90. The molecular formula is C15H20O11. The van der Waals surface area contributed by atoms with Crippen LogP contribution in [0.2, 0.25) is 0 Å². The summed E-state index contributed by atoms with van der Waals surface area (Å²) in [5.74, 6) is -10.2. The zero-order valence-corrected chi connectivity index (χ0v) is 14.8. The molecule has 1 aliphatic rings. The highest BCUT2D eigenvalue weighted by Crippen LogP contribution is 2.46. The van der Waals surface area contributed by atoms with Gasteiger partial charge in [0.1, 0.15) is 0 Å². The van der Waals surface area contributed by atoms with Crippen molar-refractivity contribution in [3.05, 3.63) is 0 Å². The van der Waals surface area contributed by atoms with E-state index in [4.69, 9.17) is 9.47 Å². The molecule has 0 bridgehead atoms. The molecule has 3 N–H and O–H groups in total. The molecule has 0 aromatic carbocycles. The van der Waals surface area contributed by atoms with Gasteiger partial charge >= 0.3 is 11.9 Å². The predicted octanol–water partition coefficient (Wildman–Crippen LogP) is -2.59. The van der Waals surface area contributed by atoms with Crippen LogP contribution in [0.4, 0.5) is 0 Å². The van der Waals surface area contributed by atoms with Crippen LogP contribution < -0.4 is 0 Å². The van der Waals surface area contributed by atoms with Crippen molar-refractivity contribution >= 4 is 29.3 Å². The number of hydrogen-bond donors (Lipinski definition) is 3. The van der Waals surface area contributed by atoms with Gasteiger partial charge in [-0.2, -0.15) is 0 Å². The molecule has 11 heteroatoms. The van der Waals surface area contributed by atoms with Crippen molar-refractivity contribution in [2.45, 2.75) is 56.9 Å². The van der Waals surface area contributed by atoms with E-state index in [1.807, 2.05) is 0 Å². The van der Waals surface area contributed by atoms with Crippen molar-refractivity contribution in [2.24, 2.45) is 0 Å². The topological polar surface area (TPSA) is 174 Å². The minimum atomic E-state index is -3.58. The van der Waals surface area contributed by atoms with Crippen molar-refractivity contribution < 1.29 is 53.5 Å². The third-order valence-corrected chi connectivity index (χ3v) is 4.28. The van der Waals surface area contributed by atoms with Crippen LogP contribution in [-0.4, -0.2) is 80.9 Å². The number of carbonyl (C=O) groups is 5. The summed E-state index contributed by atoms with van der Waals surface area (Å²) in [6.07, 6.45) is -4.50. The maximum Gasteiger partial charge on any atom is 0.339 e. The zero-order chi connectivity index (χ0) is 20.7. The molecule has 5 atom stereocenters. The molecule has 0 saturated carbocycles. The highest BCUT2D eigenvalue weighted by atomic mass is 16.7. The van der Waals surface area contributed by atoms with Crippen LogP contribution >= 0.6 is 0 Å². The third kappa shape index (κ3) is 2.72. The molecule has 1 aliphatic heterocycles. The Morgan fingerprint density at radius 3 is 1.69 bits per heavy atom. The fourth-order valence-electron chi connectivity index (χ4n) is 2.93. The van der Waals surface area contributed by atoms with Crippen molar-refractivity contribution in [2.75, 3.05) is 7.11 Å². The fourth-order valence-corrected chi connectivity index (χ4v) is 2.93. The van der Waals surface area contributed by atoms with Gasteiger partial charge in [-0.25, -0.2) is 4.79 Å². The average molecular weight is 376 g/mol. The molecule has 0 radical (unpaired) electrons. The molecule has 11 nitrogen and oxygen atoms in total. The van der Waals surface area contributed by atoms with E-state index in [1.54, 1.807) is 0 Å². The fraction of sp³-hybridized carbons (Fsp3) is 0.667. The number of ether oxygens (including phenoxy) is 3. The van der Waals surface area contributed by atoms with Crippen LogP contribution in [0.1, 0.15) is 27.7 Å². The van der Waals surface area contributed by atoms with Gasteiger partial charge in [-0.1, -0.05) is 0 Å². The monoisotopic (exact) mass is 376 g/mol. The van der Waals surface area contributed by atoms with Crippen molar-refractivity contribution in [1.29, 1.82) is 0 Å². The van der Waals surface area contributed by atoms with Gasteiger partial charge in [-0.15, -0.1) is 0 Å². The Bertz CT molecular complexity index is 671. The van der Waals surface area contributed by atoms with Crippen LogP contribution in [0, 0.1) is 0 Å². The molecule has 0 spiro atoms. The molecule has 1 rings (SSSR count). The maximum atomic E-state index is 12.2. The number of aliphatic hydroxyl groups is 3. The Labute approximate surface area is 147 Å². The number of esters is 2. The summed E-state index contributed by atoms with van der Waals surface area (Å²) in [5, 5.41) is 32.4. The van der Waals surface area contributed by atoms with Gasteiger partial charge < -0.3 is 29.5 Å². The summed E-state index contributed by atoms with van der Waals surface area (Å²) in [6, 6.07) is 0. The lowest BCUT2D eigenvalue weighted by atomic mass is 9.64. The van der Waals surface area contributed by atoms with Crippen molar-refractivity contribution in [3.63, 3.8) is 0 Å². The summed E-state index contributed by atoms with van der Waals surface area (Å²) in [5.41, 5.74) is -6.98. The molecule has 0 aromatic rings. The molecule has 1 heterocycles. The molecule has 0 amide bonds. The summed E-state index contributed by atoms with van der Waals surface area (Å²) in [4.78, 5) is 59.7. The Hall–Kier alpha value is -2.21. The summed E-state index contributed by atoms with van der Waals surface area (Å²) >= 11 is 0. The number of ketones is 3. The van der Waals surface area contributed by atoms with Gasteiger partial charge in [0, 0.05) is 13.8 Å². The second-order valence-corrected chi connectivity index (χ2v) is 5.88. The van der Waals surface area contributed by atoms with Crippen molar-refractivity contribution in [1.82, 2.24) is 0 Å². The van der Waals surface area contributed by atoms with E-state index in [9.17, 15) is 39.3 Å². The summed E-state index contributed by atoms with van der Waals surface area (Å²) in [7, 11) is 0.877. The second-order valence-electron chi connectivity index (χ2n) is 5.88. The molecule has 1 fully saturated rings. The quantitative estimate of drug-likeness (QED) is 0.429. The van der Waals surface area contributed by atoms with Gasteiger partial charge in [0.15, 0.2) is 29.6 Å². The van der Waals surface area contributed by atoms with E-state index >= 15 is 0 Å². The summed E-state index contributed by atoms with van der Waals surface area (Å²) < 4.78 is 14.1. The number of carbonyl (C=O) groups excluding carboxylic acids is 5. The first-order valence-electron chi connectivity index (χ1n) is 7.34. The van der Waals surface area contributed by atoms with Crippen LogP contribution in [0.15, 0.2) is 0 Å². The Morgan fingerprint density at radius 2 is 1.38 bits per heavy atom. The lowest BCUT2D eigenvalue weighted by Crippen LogP contribution is -2.86. The number of hydrogen-bond acceptors (Lipinski definition) is 11. The minimum absolute atomic E-state index is 0.661. The van der Waals surface area contributed by atoms with E-state index < -0.39 is 58.5 Å². The zero-order valence-electron chi connectivity index (χ0n) is 14.8. The van der Waals surface area contributed by atoms with Crippen molar-refractivity contribution in [3.8, 4) is 0 Å². The van der Waals surface area contributed by atoms with Crippen LogP contribution in [0.25, 0.3) is 0 Å². The third-order valence-electron chi connectivity index (χ3n) is 4.28. The largest absolute Gasteiger partial charge is 0.467 e. The highest BCUT2D eigenvalue weighted by Gasteiger charge is 2.79. The number of methoxy groups -OCH3 is 1. The first-order chi connectivity index (χ1) is 11.7. The van der Waals surface area contributed by atoms with E-state index in [0.717, 1.165) is 14.0 Å². The van der Waals surface area contributed by atoms with E-state index in [-0.39, 0.29) is 0 Å². The standard InChI is InChI=1S/C15H20O11/c1-6(16)13(21)11(25-9(4)19)10(12(20)24-5)26-15(23,8(3)18)14(13,22)7(2)17/h10-11,21-23H,1-5H3/t10-,11+,13-,14+,15?/m0/s1. The predicted molar refractivity (Wildman–Crippen MR) is 79.3 cm³/mol. The molecule has 26 heavy (non-hydrogen) atoms. The highest BCUT2D eigenvalue weighted by molar-refractivity contribution is 6.05. The van der Waals surface area contributed by atoms with Gasteiger partial charge in [0.2, 0.25) is 11.2 Å². The van der Waals surface area contributed by atoms with Crippen LogP contribution in [-0.2, 0) is 38.2 Å². The van der Waals surface area contributed by atoms with E-state index in [0.29, 0.717) is 20.8 Å². The smallest absolute Gasteiger partial charge is 0.339 e. The maximum absolute atomic E-state index is 12.2. The van der Waals surface area contributed by atoms with E-state index in [1.165, 1.54) is 0 Å². The number of Topliss-reactive ketones (excluding diaryl/α,β-unsaturated/α-hetero) is 3. The van der Waals surface area contributed by atoms with Gasteiger partial charge in [0.05, 0.1) is 7.11 Å². The van der Waals surface area contributed by atoms with Crippen LogP contribution in [0.3, 0.4) is 0 Å². The minimum Gasteiger partial charge on any atom is -0.467 e. The molecule has 146 valence electrons. The Balaban J connectivity index is 3.92. The molecule has 0 aromatic heterocycles. The average Bonchev–Trinajstić information content (AvgIpc) is 2.53. The van der Waals surface area contributed by atoms with Gasteiger partial charge in [-0.3, -0.25) is 19.2 Å². The Morgan fingerprint density at radius 1 is 0.885 bits per heavy atom. The first kappa shape index (κ1) is 21.8. The molecule has 0 aliphatic carbocycles. The van der Waals surface area contributed by atoms with Gasteiger partial charge in [-0.05, 0) is 13.8 Å².